The van der Waals surface area contributed by atoms with Crippen molar-refractivity contribution < 1.29 is 9.90 Å². The summed E-state index contributed by atoms with van der Waals surface area (Å²) in [7, 11) is 0. The fraction of sp³-hybridized carbons (Fsp3) is 0.577. The highest BCUT2D eigenvalue weighted by atomic mass is 16.3. The molecule has 1 aliphatic heterocycles. The van der Waals surface area contributed by atoms with E-state index in [0.717, 1.165) is 75.0 Å². The largest absolute Gasteiger partial charge is 0.393 e. The van der Waals surface area contributed by atoms with E-state index in [0.29, 0.717) is 17.8 Å². The van der Waals surface area contributed by atoms with Gasteiger partial charge in [-0.25, -0.2) is 4.98 Å². The molecule has 32 heavy (non-hydrogen) atoms. The highest BCUT2D eigenvalue weighted by Gasteiger charge is 2.58. The third kappa shape index (κ3) is 3.49. The van der Waals surface area contributed by atoms with E-state index in [9.17, 15) is 9.90 Å². The number of piperidine rings is 1. The Morgan fingerprint density at radius 1 is 1.06 bits per heavy atom. The molecule has 4 aliphatic carbocycles. The second-order valence-corrected chi connectivity index (χ2v) is 10.6. The summed E-state index contributed by atoms with van der Waals surface area (Å²) in [6, 6.07) is 8.34. The van der Waals surface area contributed by atoms with Crippen LogP contribution in [0, 0.1) is 23.2 Å². The lowest BCUT2D eigenvalue weighted by atomic mass is 9.48. The van der Waals surface area contributed by atoms with Crippen molar-refractivity contribution in [1.82, 2.24) is 15.3 Å². The van der Waals surface area contributed by atoms with Crippen LogP contribution in [0.15, 0.2) is 42.9 Å². The number of carbonyl (C=O) groups is 1. The van der Waals surface area contributed by atoms with Crippen molar-refractivity contribution in [1.29, 1.82) is 0 Å². The van der Waals surface area contributed by atoms with E-state index in [1.807, 2.05) is 18.3 Å². The molecule has 2 aromatic heterocycles. The molecule has 2 unspecified atom stereocenters. The van der Waals surface area contributed by atoms with Gasteiger partial charge in [-0.05, 0) is 92.5 Å². The van der Waals surface area contributed by atoms with Gasteiger partial charge in [-0.2, -0.15) is 0 Å². The van der Waals surface area contributed by atoms with Crippen LogP contribution >= 0.6 is 0 Å². The molecule has 6 nitrogen and oxygen atoms in total. The Bertz CT molecular complexity index is 963. The number of nitrogens with zero attached hydrogens (tertiary/aromatic N) is 3. The van der Waals surface area contributed by atoms with Gasteiger partial charge in [-0.1, -0.05) is 0 Å². The summed E-state index contributed by atoms with van der Waals surface area (Å²) in [4.78, 5) is 24.6. The van der Waals surface area contributed by atoms with Crippen molar-refractivity contribution in [3.63, 3.8) is 0 Å². The summed E-state index contributed by atoms with van der Waals surface area (Å²) in [6.45, 7) is 1.78. The van der Waals surface area contributed by atoms with Crippen LogP contribution in [0.5, 0.6) is 0 Å². The predicted octanol–water partition coefficient (Wildman–Crippen LogP) is 3.42. The van der Waals surface area contributed by atoms with Crippen LogP contribution in [-0.4, -0.2) is 46.2 Å². The average Bonchev–Trinajstić information content (AvgIpc) is 2.83. The Morgan fingerprint density at radius 2 is 1.84 bits per heavy atom. The maximum atomic E-state index is 13.5. The molecule has 3 heterocycles. The zero-order valence-corrected chi connectivity index (χ0v) is 18.5. The number of hydrogen-bond donors (Lipinski definition) is 2. The van der Waals surface area contributed by atoms with Crippen LogP contribution in [0.4, 0.5) is 5.82 Å². The van der Waals surface area contributed by atoms with Crippen molar-refractivity contribution in [3.8, 4) is 11.1 Å². The van der Waals surface area contributed by atoms with Gasteiger partial charge in [0.1, 0.15) is 5.82 Å². The van der Waals surface area contributed by atoms with Gasteiger partial charge in [0.05, 0.1) is 11.5 Å². The third-order valence-corrected chi connectivity index (χ3v) is 8.55. The normalized spacial score (nSPS) is 35.7. The number of rotatable bonds is 4. The first-order chi connectivity index (χ1) is 15.6. The van der Waals surface area contributed by atoms with E-state index < -0.39 is 0 Å². The van der Waals surface area contributed by atoms with Gasteiger partial charge in [0, 0.05) is 43.3 Å². The maximum Gasteiger partial charge on any atom is 0.226 e. The van der Waals surface area contributed by atoms with Crippen molar-refractivity contribution in [2.24, 2.45) is 23.2 Å². The Morgan fingerprint density at radius 3 is 2.56 bits per heavy atom. The van der Waals surface area contributed by atoms with E-state index in [1.54, 1.807) is 12.4 Å². The molecule has 5 aliphatic rings. The maximum absolute atomic E-state index is 13.5. The molecule has 1 amide bonds. The lowest BCUT2D eigenvalue weighted by molar-refractivity contribution is -0.163. The first kappa shape index (κ1) is 20.2. The van der Waals surface area contributed by atoms with Gasteiger partial charge in [0.25, 0.3) is 0 Å². The van der Waals surface area contributed by atoms with Crippen LogP contribution in [0.25, 0.3) is 11.1 Å². The zero-order chi connectivity index (χ0) is 21.7. The van der Waals surface area contributed by atoms with E-state index in [1.165, 1.54) is 0 Å². The minimum absolute atomic E-state index is 0.163. The lowest BCUT2D eigenvalue weighted by Crippen LogP contribution is -2.60. The summed E-state index contributed by atoms with van der Waals surface area (Å²) >= 11 is 0. The second-order valence-electron chi connectivity index (χ2n) is 10.6. The topological polar surface area (TPSA) is 78.4 Å². The number of pyridine rings is 2. The Hall–Kier alpha value is -2.47. The fourth-order valence-corrected chi connectivity index (χ4v) is 7.21. The fourth-order valence-electron chi connectivity index (χ4n) is 7.21. The average molecular weight is 433 g/mol. The Balaban J connectivity index is 1.12. The highest BCUT2D eigenvalue weighted by Crippen LogP contribution is 2.60. The number of amides is 1. The second kappa shape index (κ2) is 7.84. The van der Waals surface area contributed by atoms with Gasteiger partial charge in [0.2, 0.25) is 5.91 Å². The molecule has 4 bridgehead atoms. The molecule has 0 spiro atoms. The molecule has 4 saturated carbocycles. The van der Waals surface area contributed by atoms with Crippen molar-refractivity contribution in [3.05, 3.63) is 42.9 Å². The van der Waals surface area contributed by atoms with Crippen LogP contribution < -0.4 is 10.2 Å². The molecule has 168 valence electrons. The number of hydrogen-bond acceptors (Lipinski definition) is 5. The highest BCUT2D eigenvalue weighted by molar-refractivity contribution is 5.83. The predicted molar refractivity (Wildman–Crippen MR) is 123 cm³/mol. The van der Waals surface area contributed by atoms with E-state index in [2.05, 4.69) is 27.3 Å². The number of aromatic nitrogens is 2. The Kier molecular flexibility index (Phi) is 4.94. The quantitative estimate of drug-likeness (QED) is 0.774. The summed E-state index contributed by atoms with van der Waals surface area (Å²) in [5, 5.41) is 14.0. The standard InChI is InChI=1S/C26H32N4O2/c31-24-20-10-17-11-21(24)14-26(12-17,13-20)25(32)29-22-2-1-9-30(16-22)23-4-3-19(15-28-23)18-5-7-27-8-6-18/h3-8,15,17,20-22,24,31H,1-2,9-14,16H2,(H,29,32)/t17?,20?,21?,22-,24?,26?/m0/s1. The van der Waals surface area contributed by atoms with Crippen LogP contribution in [-0.2, 0) is 4.79 Å². The minimum Gasteiger partial charge on any atom is -0.393 e. The minimum atomic E-state index is -0.234. The molecule has 2 aromatic rings. The number of aliphatic hydroxyl groups is 1. The van der Waals surface area contributed by atoms with Crippen LogP contribution in [0.2, 0.25) is 0 Å². The summed E-state index contributed by atoms with van der Waals surface area (Å²) in [5.41, 5.74) is 1.97. The zero-order valence-electron chi connectivity index (χ0n) is 18.5. The molecule has 7 rings (SSSR count). The van der Waals surface area contributed by atoms with Crippen molar-refractivity contribution in [2.45, 2.75) is 57.1 Å². The van der Waals surface area contributed by atoms with E-state index in [4.69, 9.17) is 4.98 Å². The van der Waals surface area contributed by atoms with Gasteiger partial charge >= 0.3 is 0 Å². The van der Waals surface area contributed by atoms with Gasteiger partial charge in [-0.3, -0.25) is 9.78 Å². The molecule has 1 saturated heterocycles. The van der Waals surface area contributed by atoms with Gasteiger partial charge in [-0.15, -0.1) is 0 Å². The molecule has 2 N–H and O–H groups in total. The van der Waals surface area contributed by atoms with Crippen LogP contribution in [0.1, 0.15) is 44.9 Å². The molecular formula is C26H32N4O2. The summed E-state index contributed by atoms with van der Waals surface area (Å²) < 4.78 is 0. The molecule has 3 atom stereocenters. The Labute approximate surface area is 189 Å². The molecule has 5 fully saturated rings. The molecule has 0 radical (unpaired) electrons. The van der Waals surface area contributed by atoms with Crippen molar-refractivity contribution >= 4 is 11.7 Å². The molecular weight excluding hydrogens is 400 g/mol. The first-order valence-electron chi connectivity index (χ1n) is 12.2. The number of carbonyl (C=O) groups excluding carboxylic acids is 1. The third-order valence-electron chi connectivity index (χ3n) is 8.55. The smallest absolute Gasteiger partial charge is 0.226 e. The SMILES string of the molecule is O=C(N[C@H]1CCCN(c2ccc(-c3ccncc3)cn2)C1)C12CC3CC(C1)C(O)C(C3)C2. The number of anilines is 1. The summed E-state index contributed by atoms with van der Waals surface area (Å²) in [6.07, 6.45) is 12.4. The first-order valence-corrected chi connectivity index (χ1v) is 12.2. The monoisotopic (exact) mass is 432 g/mol. The van der Waals surface area contributed by atoms with Gasteiger partial charge < -0.3 is 15.3 Å². The molecule has 6 heteroatoms. The summed E-state index contributed by atoms with van der Waals surface area (Å²) in [5.74, 6) is 2.51. The lowest BCUT2D eigenvalue weighted by Gasteiger charge is -2.58. The molecule has 0 aromatic carbocycles. The number of nitrogens with one attached hydrogen (secondary N) is 1. The number of aliphatic hydroxyl groups excluding tert-OH is 1. The van der Waals surface area contributed by atoms with E-state index in [-0.39, 0.29) is 23.5 Å². The van der Waals surface area contributed by atoms with Gasteiger partial charge in [0.15, 0.2) is 0 Å². The van der Waals surface area contributed by atoms with E-state index >= 15 is 0 Å². The van der Waals surface area contributed by atoms with Crippen LogP contribution in [0.3, 0.4) is 0 Å². The van der Waals surface area contributed by atoms with Crippen molar-refractivity contribution in [2.75, 3.05) is 18.0 Å².